The summed E-state index contributed by atoms with van der Waals surface area (Å²) in [6, 6.07) is 9.53. The van der Waals surface area contributed by atoms with Gasteiger partial charge in [-0.05, 0) is 38.1 Å². The van der Waals surface area contributed by atoms with E-state index >= 15 is 0 Å². The van der Waals surface area contributed by atoms with E-state index in [1.807, 2.05) is 0 Å². The molecule has 1 N–H and O–H groups in total. The van der Waals surface area contributed by atoms with E-state index in [1.54, 1.807) is 24.3 Å². The van der Waals surface area contributed by atoms with Gasteiger partial charge in [0.2, 0.25) is 0 Å². The van der Waals surface area contributed by atoms with Crippen LogP contribution >= 0.6 is 11.6 Å². The number of aromatic nitrogens is 1. The van der Waals surface area contributed by atoms with Crippen LogP contribution in [0.1, 0.15) is 24.2 Å². The largest absolute Gasteiger partial charge is 0.482 e. The number of anilines is 1. The van der Waals surface area contributed by atoms with Gasteiger partial charge < -0.3 is 14.8 Å². The summed E-state index contributed by atoms with van der Waals surface area (Å²) in [7, 11) is 0. The molecule has 2 aromatic rings. The molecule has 1 atom stereocenters. The van der Waals surface area contributed by atoms with Crippen molar-refractivity contribution in [2.24, 2.45) is 0 Å². The summed E-state index contributed by atoms with van der Waals surface area (Å²) in [4.78, 5) is 39.0. The SMILES string of the molecule is CC(=O)c1cccc(OCC(=O)O[C@H](C)C(=O)Nc2ccc(Cl)cn2)c1. The number of halogens is 1. The zero-order valence-electron chi connectivity index (χ0n) is 14.2. The van der Waals surface area contributed by atoms with E-state index in [9.17, 15) is 14.4 Å². The smallest absolute Gasteiger partial charge is 0.344 e. The highest BCUT2D eigenvalue weighted by Crippen LogP contribution is 2.14. The van der Waals surface area contributed by atoms with Crippen molar-refractivity contribution in [3.8, 4) is 5.75 Å². The Morgan fingerprint density at radius 3 is 2.65 bits per heavy atom. The van der Waals surface area contributed by atoms with Crippen LogP contribution in [0.2, 0.25) is 5.02 Å². The molecule has 1 aromatic carbocycles. The fourth-order valence-electron chi connectivity index (χ4n) is 1.91. The van der Waals surface area contributed by atoms with Crippen molar-refractivity contribution in [3.63, 3.8) is 0 Å². The standard InChI is InChI=1S/C18H17ClN2O5/c1-11(22)13-4-3-5-15(8-13)25-10-17(23)26-12(2)18(24)21-16-7-6-14(19)9-20-16/h3-9,12H,10H2,1-2H3,(H,20,21,24)/t12-/m1/s1. The van der Waals surface area contributed by atoms with Crippen LogP contribution < -0.4 is 10.1 Å². The number of ketones is 1. The van der Waals surface area contributed by atoms with E-state index in [2.05, 4.69) is 10.3 Å². The molecule has 0 spiro atoms. The van der Waals surface area contributed by atoms with Crippen molar-refractivity contribution in [1.82, 2.24) is 4.98 Å². The number of Topliss-reactive ketones (excluding diaryl/α,β-unsaturated/α-hetero) is 1. The first-order valence-electron chi connectivity index (χ1n) is 7.71. The fourth-order valence-corrected chi connectivity index (χ4v) is 2.02. The molecule has 1 heterocycles. The summed E-state index contributed by atoms with van der Waals surface area (Å²) < 4.78 is 10.3. The van der Waals surface area contributed by atoms with Crippen LogP contribution in [0.5, 0.6) is 5.75 Å². The van der Waals surface area contributed by atoms with Gasteiger partial charge in [0.1, 0.15) is 11.6 Å². The number of carbonyl (C=O) groups is 3. The maximum Gasteiger partial charge on any atom is 0.344 e. The van der Waals surface area contributed by atoms with Crippen molar-refractivity contribution < 1.29 is 23.9 Å². The predicted molar refractivity (Wildman–Crippen MR) is 95.4 cm³/mol. The molecule has 1 amide bonds. The fraction of sp³-hybridized carbons (Fsp3) is 0.222. The van der Waals surface area contributed by atoms with Gasteiger partial charge in [-0.25, -0.2) is 9.78 Å². The van der Waals surface area contributed by atoms with Crippen molar-refractivity contribution in [3.05, 3.63) is 53.2 Å². The highest BCUT2D eigenvalue weighted by atomic mass is 35.5. The minimum Gasteiger partial charge on any atom is -0.482 e. The van der Waals surface area contributed by atoms with Gasteiger partial charge in [-0.15, -0.1) is 0 Å². The number of esters is 1. The molecule has 0 unspecified atom stereocenters. The Morgan fingerprint density at radius 2 is 2.00 bits per heavy atom. The average Bonchev–Trinajstić information content (AvgIpc) is 2.62. The molecular formula is C18H17ClN2O5. The second-order valence-electron chi connectivity index (χ2n) is 5.36. The first kappa shape index (κ1) is 19.4. The van der Waals surface area contributed by atoms with Crippen molar-refractivity contribution in [1.29, 1.82) is 0 Å². The van der Waals surface area contributed by atoms with Gasteiger partial charge in [-0.2, -0.15) is 0 Å². The summed E-state index contributed by atoms with van der Waals surface area (Å²) in [6.45, 7) is 2.47. The Morgan fingerprint density at radius 1 is 1.23 bits per heavy atom. The second-order valence-corrected chi connectivity index (χ2v) is 5.79. The van der Waals surface area contributed by atoms with Crippen LogP contribution in [-0.2, 0) is 14.3 Å². The Kier molecular flexibility index (Phi) is 6.68. The van der Waals surface area contributed by atoms with Gasteiger partial charge in [0.15, 0.2) is 18.5 Å². The lowest BCUT2D eigenvalue weighted by molar-refractivity contribution is -0.155. The maximum atomic E-state index is 12.0. The molecule has 0 saturated heterocycles. The zero-order chi connectivity index (χ0) is 19.1. The number of benzene rings is 1. The molecule has 0 fully saturated rings. The predicted octanol–water partition coefficient (Wildman–Crippen LogP) is 2.89. The molecule has 0 aliphatic rings. The van der Waals surface area contributed by atoms with Crippen molar-refractivity contribution in [2.45, 2.75) is 20.0 Å². The number of carbonyl (C=O) groups excluding carboxylic acids is 3. The summed E-state index contributed by atoms with van der Waals surface area (Å²) >= 11 is 5.71. The van der Waals surface area contributed by atoms with Gasteiger partial charge in [0, 0.05) is 11.8 Å². The number of hydrogen-bond donors (Lipinski definition) is 1. The molecule has 0 aliphatic heterocycles. The molecule has 7 nitrogen and oxygen atoms in total. The van der Waals surface area contributed by atoms with Gasteiger partial charge in [-0.3, -0.25) is 9.59 Å². The number of ether oxygens (including phenoxy) is 2. The topological polar surface area (TPSA) is 94.6 Å². The van der Waals surface area contributed by atoms with E-state index < -0.39 is 24.6 Å². The lowest BCUT2D eigenvalue weighted by Crippen LogP contribution is -2.31. The Bertz CT molecular complexity index is 807. The minimum atomic E-state index is -1.04. The van der Waals surface area contributed by atoms with Gasteiger partial charge in [0.25, 0.3) is 5.91 Å². The first-order valence-corrected chi connectivity index (χ1v) is 8.08. The molecule has 0 saturated carbocycles. The molecule has 0 aliphatic carbocycles. The van der Waals surface area contributed by atoms with E-state index in [4.69, 9.17) is 21.1 Å². The van der Waals surface area contributed by atoms with Crippen LogP contribution in [0, 0.1) is 0 Å². The molecule has 0 radical (unpaired) electrons. The van der Waals surface area contributed by atoms with Crippen LogP contribution in [-0.4, -0.2) is 35.4 Å². The third-order valence-electron chi connectivity index (χ3n) is 3.25. The quantitative estimate of drug-likeness (QED) is 0.589. The van der Waals surface area contributed by atoms with E-state index in [0.29, 0.717) is 22.2 Å². The monoisotopic (exact) mass is 376 g/mol. The third-order valence-corrected chi connectivity index (χ3v) is 3.48. The summed E-state index contributed by atoms with van der Waals surface area (Å²) in [5.74, 6) is -0.715. The van der Waals surface area contributed by atoms with E-state index in [1.165, 1.54) is 32.2 Å². The lowest BCUT2D eigenvalue weighted by Gasteiger charge is -2.13. The molecule has 0 bridgehead atoms. The highest BCUT2D eigenvalue weighted by molar-refractivity contribution is 6.30. The van der Waals surface area contributed by atoms with E-state index in [0.717, 1.165) is 0 Å². The molecule has 8 heteroatoms. The molecule has 136 valence electrons. The molecular weight excluding hydrogens is 360 g/mol. The Labute approximate surface area is 155 Å². The third kappa shape index (κ3) is 5.86. The number of hydrogen-bond acceptors (Lipinski definition) is 6. The number of nitrogens with zero attached hydrogens (tertiary/aromatic N) is 1. The molecule has 1 aromatic heterocycles. The van der Waals surface area contributed by atoms with Crippen LogP contribution in [0.3, 0.4) is 0 Å². The zero-order valence-corrected chi connectivity index (χ0v) is 14.9. The number of rotatable bonds is 7. The van der Waals surface area contributed by atoms with Gasteiger partial charge >= 0.3 is 5.97 Å². The number of amides is 1. The second kappa shape index (κ2) is 8.96. The minimum absolute atomic E-state index is 0.112. The van der Waals surface area contributed by atoms with Gasteiger partial charge in [-0.1, -0.05) is 23.7 Å². The Balaban J connectivity index is 1.82. The Hall–Kier alpha value is -2.93. The summed E-state index contributed by atoms with van der Waals surface area (Å²) in [6.07, 6.45) is 0.351. The van der Waals surface area contributed by atoms with Crippen LogP contribution in [0.4, 0.5) is 5.82 Å². The number of nitrogens with one attached hydrogen (secondary N) is 1. The molecule has 26 heavy (non-hydrogen) atoms. The maximum absolute atomic E-state index is 12.0. The van der Waals surface area contributed by atoms with Crippen molar-refractivity contribution in [2.75, 3.05) is 11.9 Å². The highest BCUT2D eigenvalue weighted by Gasteiger charge is 2.18. The molecule has 2 rings (SSSR count). The summed E-state index contributed by atoms with van der Waals surface area (Å²) in [5.41, 5.74) is 0.471. The number of pyridine rings is 1. The van der Waals surface area contributed by atoms with Crippen LogP contribution in [0.25, 0.3) is 0 Å². The average molecular weight is 377 g/mol. The summed E-state index contributed by atoms with van der Waals surface area (Å²) in [5, 5.41) is 2.94. The van der Waals surface area contributed by atoms with Crippen LogP contribution in [0.15, 0.2) is 42.6 Å². The van der Waals surface area contributed by atoms with Gasteiger partial charge in [0.05, 0.1) is 5.02 Å². The normalized spacial score (nSPS) is 11.3. The van der Waals surface area contributed by atoms with Crippen molar-refractivity contribution >= 4 is 35.1 Å². The van der Waals surface area contributed by atoms with E-state index in [-0.39, 0.29) is 5.78 Å². The lowest BCUT2D eigenvalue weighted by atomic mass is 10.1. The first-order chi connectivity index (χ1) is 12.3.